The molecule has 0 bridgehead atoms. The number of hydrogen-bond donors (Lipinski definition) is 1. The van der Waals surface area contributed by atoms with Crippen molar-refractivity contribution in [2.75, 3.05) is 0 Å². The van der Waals surface area contributed by atoms with Gasteiger partial charge in [0.1, 0.15) is 5.75 Å². The van der Waals surface area contributed by atoms with E-state index in [1.807, 2.05) is 0 Å². The van der Waals surface area contributed by atoms with E-state index in [-0.39, 0.29) is 11.3 Å². The van der Waals surface area contributed by atoms with Gasteiger partial charge in [0.05, 0.1) is 5.56 Å². The second-order valence-electron chi connectivity index (χ2n) is 2.39. The summed E-state index contributed by atoms with van der Waals surface area (Å²) >= 11 is 10.9. The number of aromatic hydroxyl groups is 1. The van der Waals surface area contributed by atoms with Gasteiger partial charge in [-0.25, -0.2) is 0 Å². The Balaban J connectivity index is 3.33. The van der Waals surface area contributed by atoms with Crippen LogP contribution in [0.2, 0.25) is 5.02 Å². The van der Waals surface area contributed by atoms with E-state index in [9.17, 15) is 9.90 Å². The maximum absolute atomic E-state index is 10.7. The van der Waals surface area contributed by atoms with Crippen molar-refractivity contribution in [1.29, 1.82) is 0 Å². The van der Waals surface area contributed by atoms with E-state index in [2.05, 4.69) is 0 Å². The number of halogens is 2. The van der Waals surface area contributed by atoms with E-state index in [4.69, 9.17) is 23.2 Å². The molecule has 0 saturated carbocycles. The Kier molecular flexibility index (Phi) is 2.60. The van der Waals surface area contributed by atoms with Gasteiger partial charge in [-0.05, 0) is 36.2 Å². The Hall–Kier alpha value is -0.730. The van der Waals surface area contributed by atoms with E-state index in [1.54, 1.807) is 6.92 Å². The standard InChI is InChI=1S/C8H6Cl2O2/c1-4-2-7(11)5(8(10)12)3-6(4)9/h2-3,11H,1H3. The van der Waals surface area contributed by atoms with Crippen LogP contribution in [0.5, 0.6) is 5.75 Å². The van der Waals surface area contributed by atoms with Crippen LogP contribution in [-0.2, 0) is 0 Å². The van der Waals surface area contributed by atoms with Crippen LogP contribution in [0.1, 0.15) is 15.9 Å². The number of benzene rings is 1. The largest absolute Gasteiger partial charge is 0.507 e. The van der Waals surface area contributed by atoms with Gasteiger partial charge in [0, 0.05) is 5.02 Å². The molecule has 1 rings (SSSR count). The summed E-state index contributed by atoms with van der Waals surface area (Å²) in [6.07, 6.45) is 0. The maximum Gasteiger partial charge on any atom is 0.256 e. The number of carbonyl (C=O) groups excluding carboxylic acids is 1. The quantitative estimate of drug-likeness (QED) is 0.715. The van der Waals surface area contributed by atoms with Gasteiger partial charge in [-0.1, -0.05) is 11.6 Å². The van der Waals surface area contributed by atoms with Crippen LogP contribution in [0, 0.1) is 6.92 Å². The van der Waals surface area contributed by atoms with Crippen LogP contribution < -0.4 is 0 Å². The lowest BCUT2D eigenvalue weighted by atomic mass is 10.1. The smallest absolute Gasteiger partial charge is 0.256 e. The SMILES string of the molecule is Cc1cc(O)c(C(=O)Cl)cc1Cl. The highest BCUT2D eigenvalue weighted by molar-refractivity contribution is 6.68. The lowest BCUT2D eigenvalue weighted by molar-refractivity contribution is 0.107. The van der Waals surface area contributed by atoms with Gasteiger partial charge in [0.15, 0.2) is 0 Å². The Bertz CT molecular complexity index is 334. The van der Waals surface area contributed by atoms with Crippen molar-refractivity contribution < 1.29 is 9.90 Å². The van der Waals surface area contributed by atoms with Gasteiger partial charge in [0.25, 0.3) is 5.24 Å². The van der Waals surface area contributed by atoms with Gasteiger partial charge in [-0.15, -0.1) is 0 Å². The van der Waals surface area contributed by atoms with Crippen molar-refractivity contribution in [2.45, 2.75) is 6.92 Å². The van der Waals surface area contributed by atoms with Crippen molar-refractivity contribution >= 4 is 28.4 Å². The van der Waals surface area contributed by atoms with Crippen molar-refractivity contribution in [2.24, 2.45) is 0 Å². The van der Waals surface area contributed by atoms with E-state index in [0.717, 1.165) is 0 Å². The minimum Gasteiger partial charge on any atom is -0.507 e. The van der Waals surface area contributed by atoms with E-state index in [0.29, 0.717) is 10.6 Å². The molecule has 0 atom stereocenters. The van der Waals surface area contributed by atoms with Gasteiger partial charge >= 0.3 is 0 Å². The average Bonchev–Trinajstić information content (AvgIpc) is 1.96. The van der Waals surface area contributed by atoms with Gasteiger partial charge in [-0.2, -0.15) is 0 Å². The zero-order chi connectivity index (χ0) is 9.30. The fraction of sp³-hybridized carbons (Fsp3) is 0.125. The minimum absolute atomic E-state index is 0.0345. The van der Waals surface area contributed by atoms with Crippen LogP contribution in [0.3, 0.4) is 0 Å². The van der Waals surface area contributed by atoms with Gasteiger partial charge in [-0.3, -0.25) is 4.79 Å². The molecule has 0 fully saturated rings. The number of phenolic OH excluding ortho intramolecular Hbond substituents is 1. The first-order chi connectivity index (χ1) is 5.52. The molecular formula is C8H6Cl2O2. The Morgan fingerprint density at radius 2 is 2.08 bits per heavy atom. The summed E-state index contributed by atoms with van der Waals surface area (Å²) in [5, 5.41) is 8.92. The molecule has 1 N–H and O–H groups in total. The molecule has 2 nitrogen and oxygen atoms in total. The first-order valence-corrected chi connectivity index (χ1v) is 3.97. The summed E-state index contributed by atoms with van der Waals surface area (Å²) in [6, 6.07) is 2.75. The molecule has 0 aliphatic rings. The molecule has 0 heterocycles. The molecule has 1 aromatic rings. The fourth-order valence-corrected chi connectivity index (χ4v) is 1.14. The lowest BCUT2D eigenvalue weighted by Crippen LogP contribution is -1.90. The maximum atomic E-state index is 10.7. The normalized spacial score (nSPS) is 9.92. The van der Waals surface area contributed by atoms with Crippen molar-refractivity contribution in [1.82, 2.24) is 0 Å². The van der Waals surface area contributed by atoms with Gasteiger partial charge < -0.3 is 5.11 Å². The topological polar surface area (TPSA) is 37.3 Å². The third-order valence-corrected chi connectivity index (χ3v) is 2.10. The number of phenols is 1. The lowest BCUT2D eigenvalue weighted by Gasteiger charge is -2.02. The molecule has 0 unspecified atom stereocenters. The number of carbonyl (C=O) groups is 1. The molecule has 4 heteroatoms. The molecule has 0 spiro atoms. The number of rotatable bonds is 1. The molecule has 0 amide bonds. The predicted molar refractivity (Wildman–Crippen MR) is 48.0 cm³/mol. The predicted octanol–water partition coefficient (Wildman–Crippen LogP) is 2.73. The summed E-state index contributed by atoms with van der Waals surface area (Å²) in [7, 11) is 0. The summed E-state index contributed by atoms with van der Waals surface area (Å²) < 4.78 is 0. The fourth-order valence-electron chi connectivity index (χ4n) is 0.824. The monoisotopic (exact) mass is 204 g/mol. The molecule has 12 heavy (non-hydrogen) atoms. The van der Waals surface area contributed by atoms with Crippen LogP contribution in [0.15, 0.2) is 12.1 Å². The van der Waals surface area contributed by atoms with E-state index in [1.165, 1.54) is 12.1 Å². The van der Waals surface area contributed by atoms with Crippen LogP contribution >= 0.6 is 23.2 Å². The second-order valence-corrected chi connectivity index (χ2v) is 3.14. The van der Waals surface area contributed by atoms with E-state index < -0.39 is 5.24 Å². The number of aryl methyl sites for hydroxylation is 1. The molecule has 0 aromatic heterocycles. The van der Waals surface area contributed by atoms with Crippen molar-refractivity contribution in [3.8, 4) is 5.75 Å². The highest BCUT2D eigenvalue weighted by Gasteiger charge is 2.10. The molecule has 0 saturated heterocycles. The van der Waals surface area contributed by atoms with Crippen LogP contribution in [-0.4, -0.2) is 10.3 Å². The summed E-state index contributed by atoms with van der Waals surface area (Å²) in [5.74, 6) is -0.142. The molecule has 64 valence electrons. The van der Waals surface area contributed by atoms with Crippen molar-refractivity contribution in [3.05, 3.63) is 28.3 Å². The summed E-state index contributed by atoms with van der Waals surface area (Å²) in [4.78, 5) is 10.7. The Labute approximate surface area is 79.7 Å². The summed E-state index contributed by atoms with van der Waals surface area (Å²) in [6.45, 7) is 1.73. The average molecular weight is 205 g/mol. The third kappa shape index (κ3) is 1.71. The van der Waals surface area contributed by atoms with Crippen LogP contribution in [0.25, 0.3) is 0 Å². The summed E-state index contributed by atoms with van der Waals surface area (Å²) in [5.41, 5.74) is 0.739. The highest BCUT2D eigenvalue weighted by atomic mass is 35.5. The third-order valence-electron chi connectivity index (χ3n) is 1.49. The molecule has 1 aromatic carbocycles. The van der Waals surface area contributed by atoms with Crippen LogP contribution in [0.4, 0.5) is 0 Å². The second kappa shape index (κ2) is 3.33. The van der Waals surface area contributed by atoms with E-state index >= 15 is 0 Å². The first-order valence-electron chi connectivity index (χ1n) is 3.21. The Morgan fingerprint density at radius 1 is 1.50 bits per heavy atom. The molecule has 0 radical (unpaired) electrons. The molecule has 0 aliphatic carbocycles. The molecular weight excluding hydrogens is 199 g/mol. The number of hydrogen-bond acceptors (Lipinski definition) is 2. The molecule has 0 aliphatic heterocycles. The first kappa shape index (κ1) is 9.36. The zero-order valence-corrected chi connectivity index (χ0v) is 7.78. The Morgan fingerprint density at radius 3 is 2.58 bits per heavy atom. The van der Waals surface area contributed by atoms with Gasteiger partial charge in [0.2, 0.25) is 0 Å². The van der Waals surface area contributed by atoms with Crippen molar-refractivity contribution in [3.63, 3.8) is 0 Å². The highest BCUT2D eigenvalue weighted by Crippen LogP contribution is 2.26. The zero-order valence-electron chi connectivity index (χ0n) is 6.27. The minimum atomic E-state index is -0.714.